The number of nitrogens with zero attached hydrogens (tertiary/aromatic N) is 1. The Balaban J connectivity index is 2.20. The first kappa shape index (κ1) is 18.3. The lowest BCUT2D eigenvalue weighted by molar-refractivity contribution is -0.0940. The van der Waals surface area contributed by atoms with Crippen LogP contribution in [0.15, 0.2) is 24.3 Å². The lowest BCUT2D eigenvalue weighted by Gasteiger charge is -2.23. The summed E-state index contributed by atoms with van der Waals surface area (Å²) >= 11 is 0. The number of ether oxygens (including phenoxy) is 2. The predicted molar refractivity (Wildman–Crippen MR) is 84.0 cm³/mol. The summed E-state index contributed by atoms with van der Waals surface area (Å²) in [5.41, 5.74) is 0.509. The molecule has 0 spiro atoms. The molecule has 0 aliphatic rings. The van der Waals surface area contributed by atoms with Crippen molar-refractivity contribution in [1.82, 2.24) is 10.4 Å². The second-order valence-electron chi connectivity index (χ2n) is 5.99. The molecule has 0 saturated heterocycles. The van der Waals surface area contributed by atoms with E-state index >= 15 is 0 Å². The van der Waals surface area contributed by atoms with Crippen molar-refractivity contribution >= 4 is 6.09 Å². The van der Waals surface area contributed by atoms with Crippen LogP contribution in [0, 0.1) is 0 Å². The van der Waals surface area contributed by atoms with Gasteiger partial charge < -0.3 is 14.8 Å². The van der Waals surface area contributed by atoms with E-state index in [9.17, 15) is 10.0 Å². The summed E-state index contributed by atoms with van der Waals surface area (Å²) in [5.74, 6) is 0.825. The highest BCUT2D eigenvalue weighted by molar-refractivity contribution is 5.66. The quantitative estimate of drug-likeness (QED) is 0.460. The SMILES string of the molecule is COc1cccc(CNCCCN(O)C(=O)OC(C)(C)C)c1. The number of carbonyl (C=O) groups is 1. The van der Waals surface area contributed by atoms with Crippen LogP contribution in [0.2, 0.25) is 0 Å². The van der Waals surface area contributed by atoms with Gasteiger partial charge in [0.15, 0.2) is 0 Å². The van der Waals surface area contributed by atoms with E-state index in [1.54, 1.807) is 27.9 Å². The van der Waals surface area contributed by atoms with Crippen LogP contribution in [-0.2, 0) is 11.3 Å². The number of hydrogen-bond donors (Lipinski definition) is 2. The van der Waals surface area contributed by atoms with Gasteiger partial charge in [-0.1, -0.05) is 12.1 Å². The van der Waals surface area contributed by atoms with Crippen LogP contribution >= 0.6 is 0 Å². The van der Waals surface area contributed by atoms with Gasteiger partial charge in [0, 0.05) is 6.54 Å². The Bertz CT molecular complexity index is 471. The molecule has 1 aromatic rings. The monoisotopic (exact) mass is 310 g/mol. The second kappa shape index (κ2) is 8.60. The molecule has 1 aromatic carbocycles. The van der Waals surface area contributed by atoms with Crippen molar-refractivity contribution in [2.24, 2.45) is 0 Å². The molecule has 0 unspecified atom stereocenters. The molecule has 6 nitrogen and oxygen atoms in total. The number of carbonyl (C=O) groups excluding carboxylic acids is 1. The van der Waals surface area contributed by atoms with Crippen LogP contribution < -0.4 is 10.1 Å². The third-order valence-corrected chi connectivity index (χ3v) is 2.79. The minimum absolute atomic E-state index is 0.222. The van der Waals surface area contributed by atoms with Crippen LogP contribution in [0.4, 0.5) is 4.79 Å². The lowest BCUT2D eigenvalue weighted by Crippen LogP contribution is -2.36. The van der Waals surface area contributed by atoms with Crippen LogP contribution in [0.25, 0.3) is 0 Å². The Morgan fingerprint density at radius 3 is 2.73 bits per heavy atom. The van der Waals surface area contributed by atoms with E-state index in [2.05, 4.69) is 5.32 Å². The standard InChI is InChI=1S/C16H26N2O4/c1-16(2,3)22-15(19)18(20)10-6-9-17-12-13-7-5-8-14(11-13)21-4/h5,7-8,11,17,20H,6,9-10,12H2,1-4H3. The van der Waals surface area contributed by atoms with Crippen molar-refractivity contribution in [2.75, 3.05) is 20.2 Å². The van der Waals surface area contributed by atoms with Gasteiger partial charge in [0.25, 0.3) is 0 Å². The fourth-order valence-electron chi connectivity index (χ4n) is 1.77. The summed E-state index contributed by atoms with van der Waals surface area (Å²) in [6.07, 6.45) is -0.0972. The summed E-state index contributed by atoms with van der Waals surface area (Å²) in [6, 6.07) is 7.81. The fourth-order valence-corrected chi connectivity index (χ4v) is 1.77. The van der Waals surface area contributed by atoms with E-state index in [0.717, 1.165) is 11.3 Å². The van der Waals surface area contributed by atoms with Crippen molar-refractivity contribution in [2.45, 2.75) is 39.3 Å². The van der Waals surface area contributed by atoms with Crippen molar-refractivity contribution in [3.8, 4) is 5.75 Å². The van der Waals surface area contributed by atoms with Gasteiger partial charge >= 0.3 is 6.09 Å². The van der Waals surface area contributed by atoms with Crippen LogP contribution in [0.3, 0.4) is 0 Å². The minimum Gasteiger partial charge on any atom is -0.497 e. The van der Waals surface area contributed by atoms with E-state index in [1.807, 2.05) is 24.3 Å². The largest absolute Gasteiger partial charge is 0.497 e. The van der Waals surface area contributed by atoms with Gasteiger partial charge in [-0.2, -0.15) is 5.06 Å². The number of benzene rings is 1. The summed E-state index contributed by atoms with van der Waals surface area (Å²) in [5, 5.41) is 13.4. The molecule has 0 radical (unpaired) electrons. The molecule has 0 bridgehead atoms. The fraction of sp³-hybridized carbons (Fsp3) is 0.562. The minimum atomic E-state index is -0.722. The average Bonchev–Trinajstić information content (AvgIpc) is 2.45. The molecule has 0 atom stereocenters. The van der Waals surface area contributed by atoms with Gasteiger partial charge in [0.05, 0.1) is 13.7 Å². The number of hydrogen-bond acceptors (Lipinski definition) is 5. The highest BCUT2D eigenvalue weighted by atomic mass is 16.6. The Morgan fingerprint density at radius 1 is 1.36 bits per heavy atom. The second-order valence-corrected chi connectivity index (χ2v) is 5.99. The zero-order valence-electron chi connectivity index (χ0n) is 13.8. The molecule has 1 rings (SSSR count). The van der Waals surface area contributed by atoms with E-state index in [4.69, 9.17) is 9.47 Å². The molecule has 0 aromatic heterocycles. The number of methoxy groups -OCH3 is 1. The van der Waals surface area contributed by atoms with E-state index in [1.165, 1.54) is 0 Å². The van der Waals surface area contributed by atoms with Gasteiger partial charge in [0.1, 0.15) is 11.4 Å². The van der Waals surface area contributed by atoms with Gasteiger partial charge in [-0.15, -0.1) is 0 Å². The van der Waals surface area contributed by atoms with Crippen LogP contribution in [-0.4, -0.2) is 42.2 Å². The van der Waals surface area contributed by atoms with Gasteiger partial charge in [-0.3, -0.25) is 5.21 Å². The van der Waals surface area contributed by atoms with E-state index in [0.29, 0.717) is 24.6 Å². The summed E-state index contributed by atoms with van der Waals surface area (Å²) in [4.78, 5) is 11.5. The zero-order chi connectivity index (χ0) is 16.6. The molecule has 1 amide bonds. The summed E-state index contributed by atoms with van der Waals surface area (Å²) in [6.45, 7) is 6.88. The van der Waals surface area contributed by atoms with E-state index < -0.39 is 11.7 Å². The number of nitrogens with one attached hydrogen (secondary N) is 1. The van der Waals surface area contributed by atoms with Gasteiger partial charge in [-0.05, 0) is 51.4 Å². The van der Waals surface area contributed by atoms with Crippen molar-refractivity contribution < 1.29 is 19.5 Å². The Kier molecular flexibility index (Phi) is 7.14. The first-order chi connectivity index (χ1) is 10.3. The first-order valence-corrected chi connectivity index (χ1v) is 7.35. The molecule has 6 heteroatoms. The van der Waals surface area contributed by atoms with Crippen molar-refractivity contribution in [3.63, 3.8) is 0 Å². The molecule has 0 aliphatic heterocycles. The molecular weight excluding hydrogens is 284 g/mol. The van der Waals surface area contributed by atoms with Crippen molar-refractivity contribution in [3.05, 3.63) is 29.8 Å². The Hall–Kier alpha value is -1.79. The zero-order valence-corrected chi connectivity index (χ0v) is 13.8. The highest BCUT2D eigenvalue weighted by Gasteiger charge is 2.20. The smallest absolute Gasteiger partial charge is 0.434 e. The maximum Gasteiger partial charge on any atom is 0.434 e. The average molecular weight is 310 g/mol. The normalized spacial score (nSPS) is 11.1. The lowest BCUT2D eigenvalue weighted by atomic mass is 10.2. The summed E-state index contributed by atoms with van der Waals surface area (Å²) in [7, 11) is 1.64. The third kappa shape index (κ3) is 7.28. The maximum absolute atomic E-state index is 11.5. The summed E-state index contributed by atoms with van der Waals surface area (Å²) < 4.78 is 10.2. The number of amides is 1. The van der Waals surface area contributed by atoms with Crippen LogP contribution in [0.5, 0.6) is 5.75 Å². The topological polar surface area (TPSA) is 71.0 Å². The van der Waals surface area contributed by atoms with Crippen molar-refractivity contribution in [1.29, 1.82) is 0 Å². The molecule has 0 saturated carbocycles. The molecule has 0 fully saturated rings. The van der Waals surface area contributed by atoms with Crippen LogP contribution in [0.1, 0.15) is 32.8 Å². The number of rotatable bonds is 7. The molecule has 124 valence electrons. The first-order valence-electron chi connectivity index (χ1n) is 7.35. The Labute approximate surface area is 132 Å². The third-order valence-electron chi connectivity index (χ3n) is 2.79. The molecule has 22 heavy (non-hydrogen) atoms. The molecular formula is C16H26N2O4. The maximum atomic E-state index is 11.5. The van der Waals surface area contributed by atoms with Gasteiger partial charge in [-0.25, -0.2) is 4.79 Å². The highest BCUT2D eigenvalue weighted by Crippen LogP contribution is 2.12. The molecule has 0 aliphatic carbocycles. The Morgan fingerprint density at radius 2 is 2.09 bits per heavy atom. The van der Waals surface area contributed by atoms with Gasteiger partial charge in [0.2, 0.25) is 0 Å². The number of hydroxylamine groups is 2. The predicted octanol–water partition coefficient (Wildman–Crippen LogP) is 2.80. The van der Waals surface area contributed by atoms with E-state index in [-0.39, 0.29) is 6.54 Å². The molecule has 0 heterocycles. The molecule has 2 N–H and O–H groups in total.